The second-order valence-electron chi connectivity index (χ2n) is 3.53. The van der Waals surface area contributed by atoms with Crippen molar-refractivity contribution in [1.82, 2.24) is 4.90 Å². The molecule has 0 radical (unpaired) electrons. The predicted octanol–water partition coefficient (Wildman–Crippen LogP) is 1.94. The minimum Gasteiger partial charge on any atom is -0.304 e. The van der Waals surface area contributed by atoms with Crippen molar-refractivity contribution in [1.29, 1.82) is 0 Å². The van der Waals surface area contributed by atoms with Crippen LogP contribution in [0.3, 0.4) is 0 Å². The predicted molar refractivity (Wildman–Crippen MR) is 54.1 cm³/mol. The normalized spacial score (nSPS) is 17.9. The first-order chi connectivity index (χ1) is 6.84. The first kappa shape index (κ1) is 7.56. The molecule has 2 aliphatic heterocycles. The molecule has 0 bridgehead atoms. The fraction of sp³-hybridized carbons (Fsp3) is 0.0833. The summed E-state index contributed by atoms with van der Waals surface area (Å²) in [7, 11) is 0. The third-order valence-electron chi connectivity index (χ3n) is 2.66. The molecule has 0 fully saturated rings. The van der Waals surface area contributed by atoms with Gasteiger partial charge >= 0.3 is 0 Å². The van der Waals surface area contributed by atoms with E-state index >= 15 is 0 Å². The Labute approximate surface area is 82.2 Å². The van der Waals surface area contributed by atoms with Crippen LogP contribution >= 0.6 is 0 Å². The highest BCUT2D eigenvalue weighted by molar-refractivity contribution is 5.95. The maximum absolute atomic E-state index is 11.4. The summed E-state index contributed by atoms with van der Waals surface area (Å²) < 4.78 is 0. The molecule has 1 aromatic carbocycles. The van der Waals surface area contributed by atoms with E-state index in [2.05, 4.69) is 18.2 Å². The Balaban J connectivity index is 2.15. The van der Waals surface area contributed by atoms with E-state index in [0.29, 0.717) is 6.54 Å². The highest BCUT2D eigenvalue weighted by Gasteiger charge is 2.24. The van der Waals surface area contributed by atoms with E-state index in [9.17, 15) is 4.79 Å². The van der Waals surface area contributed by atoms with Crippen LogP contribution in [0, 0.1) is 0 Å². The third kappa shape index (κ3) is 0.940. The summed E-state index contributed by atoms with van der Waals surface area (Å²) in [6.07, 6.45) is 5.55. The van der Waals surface area contributed by atoms with Gasteiger partial charge in [-0.05, 0) is 23.3 Å². The number of hydrogen-bond donors (Lipinski definition) is 0. The van der Waals surface area contributed by atoms with Crippen molar-refractivity contribution < 1.29 is 4.79 Å². The van der Waals surface area contributed by atoms with Gasteiger partial charge in [-0.1, -0.05) is 24.3 Å². The van der Waals surface area contributed by atoms with Crippen molar-refractivity contribution in [2.24, 2.45) is 0 Å². The number of benzene rings is 1. The summed E-state index contributed by atoms with van der Waals surface area (Å²) in [5, 5.41) is 0. The molecular formula is C12H9NO. The smallest absolute Gasteiger partial charge is 0.251 e. The molecule has 0 unspecified atom stereocenters. The topological polar surface area (TPSA) is 20.3 Å². The van der Waals surface area contributed by atoms with E-state index in [1.165, 1.54) is 11.1 Å². The molecule has 1 aromatic rings. The quantitative estimate of drug-likeness (QED) is 0.602. The van der Waals surface area contributed by atoms with Crippen molar-refractivity contribution in [3.8, 4) is 0 Å². The molecule has 68 valence electrons. The lowest BCUT2D eigenvalue weighted by Crippen LogP contribution is -2.25. The average molecular weight is 183 g/mol. The first-order valence-electron chi connectivity index (χ1n) is 4.64. The van der Waals surface area contributed by atoms with Crippen molar-refractivity contribution in [2.75, 3.05) is 0 Å². The maximum Gasteiger partial charge on any atom is 0.251 e. The van der Waals surface area contributed by atoms with Crippen LogP contribution in [0.4, 0.5) is 0 Å². The Morgan fingerprint density at radius 2 is 2.00 bits per heavy atom. The molecule has 1 amide bonds. The molecular weight excluding hydrogens is 174 g/mol. The van der Waals surface area contributed by atoms with Crippen LogP contribution in [-0.2, 0) is 11.3 Å². The van der Waals surface area contributed by atoms with E-state index in [-0.39, 0.29) is 5.91 Å². The highest BCUT2D eigenvalue weighted by Crippen LogP contribution is 2.28. The number of fused-ring (bicyclic) bond motifs is 2. The Hall–Kier alpha value is -1.83. The van der Waals surface area contributed by atoms with E-state index in [0.717, 1.165) is 5.70 Å². The van der Waals surface area contributed by atoms with E-state index in [4.69, 9.17) is 0 Å². The average Bonchev–Trinajstić information content (AvgIpc) is 2.57. The fourth-order valence-corrected chi connectivity index (χ4v) is 1.91. The molecule has 2 aliphatic rings. The minimum absolute atomic E-state index is 0.0887. The van der Waals surface area contributed by atoms with Gasteiger partial charge in [-0.3, -0.25) is 4.79 Å². The van der Waals surface area contributed by atoms with Crippen LogP contribution < -0.4 is 0 Å². The third-order valence-corrected chi connectivity index (χ3v) is 2.66. The molecule has 0 aliphatic carbocycles. The molecule has 2 heteroatoms. The molecule has 0 saturated heterocycles. The lowest BCUT2D eigenvalue weighted by atomic mass is 10.0. The lowest BCUT2D eigenvalue weighted by Gasteiger charge is -2.24. The molecule has 0 atom stereocenters. The standard InChI is InChI=1S/C12H9NO/c14-12-6-5-11-7-9-3-1-2-4-10(9)8-13(11)12/h1-7H,8H2. The van der Waals surface area contributed by atoms with Gasteiger partial charge in [0.25, 0.3) is 5.91 Å². The van der Waals surface area contributed by atoms with Gasteiger partial charge < -0.3 is 4.90 Å². The van der Waals surface area contributed by atoms with Crippen molar-refractivity contribution >= 4 is 12.0 Å². The largest absolute Gasteiger partial charge is 0.304 e. The first-order valence-corrected chi connectivity index (χ1v) is 4.64. The van der Waals surface area contributed by atoms with Gasteiger partial charge in [0.2, 0.25) is 0 Å². The molecule has 14 heavy (non-hydrogen) atoms. The molecule has 2 heterocycles. The van der Waals surface area contributed by atoms with Gasteiger partial charge in [0, 0.05) is 11.8 Å². The van der Waals surface area contributed by atoms with Crippen LogP contribution in [0.15, 0.2) is 42.1 Å². The Bertz CT molecular complexity index is 471. The van der Waals surface area contributed by atoms with Gasteiger partial charge in [-0.2, -0.15) is 0 Å². The molecule has 0 saturated carbocycles. The highest BCUT2D eigenvalue weighted by atomic mass is 16.2. The molecule has 2 nitrogen and oxygen atoms in total. The maximum atomic E-state index is 11.4. The van der Waals surface area contributed by atoms with Gasteiger partial charge in [0.05, 0.1) is 6.54 Å². The lowest BCUT2D eigenvalue weighted by molar-refractivity contribution is -0.123. The summed E-state index contributed by atoms with van der Waals surface area (Å²) in [6.45, 7) is 0.702. The summed E-state index contributed by atoms with van der Waals surface area (Å²) in [6, 6.07) is 8.17. The molecule has 0 aromatic heterocycles. The van der Waals surface area contributed by atoms with Crippen molar-refractivity contribution in [3.05, 3.63) is 53.2 Å². The Morgan fingerprint density at radius 1 is 1.14 bits per heavy atom. The number of nitrogens with zero attached hydrogens (tertiary/aromatic N) is 1. The number of carbonyl (C=O) groups is 1. The number of allylic oxidation sites excluding steroid dienone is 1. The van der Waals surface area contributed by atoms with Gasteiger partial charge in [0.15, 0.2) is 0 Å². The zero-order valence-electron chi connectivity index (χ0n) is 7.60. The van der Waals surface area contributed by atoms with E-state index in [1.54, 1.807) is 11.0 Å². The number of hydrogen-bond acceptors (Lipinski definition) is 1. The second-order valence-corrected chi connectivity index (χ2v) is 3.53. The van der Waals surface area contributed by atoms with Gasteiger partial charge in [-0.15, -0.1) is 0 Å². The van der Waals surface area contributed by atoms with Crippen LogP contribution in [0.5, 0.6) is 0 Å². The summed E-state index contributed by atoms with van der Waals surface area (Å²) in [5.41, 5.74) is 3.44. The Morgan fingerprint density at radius 3 is 2.93 bits per heavy atom. The molecule has 0 N–H and O–H groups in total. The minimum atomic E-state index is 0.0887. The van der Waals surface area contributed by atoms with Gasteiger partial charge in [-0.25, -0.2) is 0 Å². The molecule has 3 rings (SSSR count). The van der Waals surface area contributed by atoms with Crippen LogP contribution in [0.2, 0.25) is 0 Å². The molecule has 0 spiro atoms. The second kappa shape index (κ2) is 2.58. The van der Waals surface area contributed by atoms with E-state index < -0.39 is 0 Å². The SMILES string of the molecule is O=C1C=CC2=Cc3ccccc3CN12. The fourth-order valence-electron chi connectivity index (χ4n) is 1.91. The van der Waals surface area contributed by atoms with Crippen molar-refractivity contribution in [3.63, 3.8) is 0 Å². The van der Waals surface area contributed by atoms with E-state index in [1.807, 2.05) is 18.2 Å². The van der Waals surface area contributed by atoms with Crippen LogP contribution in [0.1, 0.15) is 11.1 Å². The van der Waals surface area contributed by atoms with Gasteiger partial charge in [0.1, 0.15) is 0 Å². The monoisotopic (exact) mass is 183 g/mol. The zero-order chi connectivity index (χ0) is 9.54. The number of carbonyl (C=O) groups excluding carboxylic acids is 1. The summed E-state index contributed by atoms with van der Waals surface area (Å²) in [5.74, 6) is 0.0887. The summed E-state index contributed by atoms with van der Waals surface area (Å²) in [4.78, 5) is 13.2. The number of amides is 1. The summed E-state index contributed by atoms with van der Waals surface area (Å²) >= 11 is 0. The Kier molecular flexibility index (Phi) is 1.39. The van der Waals surface area contributed by atoms with Crippen LogP contribution in [0.25, 0.3) is 6.08 Å². The van der Waals surface area contributed by atoms with Crippen molar-refractivity contribution in [2.45, 2.75) is 6.54 Å². The number of rotatable bonds is 0. The zero-order valence-corrected chi connectivity index (χ0v) is 7.60. The van der Waals surface area contributed by atoms with Crippen LogP contribution in [-0.4, -0.2) is 10.8 Å².